The van der Waals surface area contributed by atoms with Crippen molar-refractivity contribution in [3.63, 3.8) is 0 Å². The highest BCUT2D eigenvalue weighted by molar-refractivity contribution is 6.30. The van der Waals surface area contributed by atoms with E-state index in [1.54, 1.807) is 30.3 Å². The minimum atomic E-state index is -0.564. The van der Waals surface area contributed by atoms with Gasteiger partial charge in [-0.25, -0.2) is 4.39 Å². The molecule has 0 spiro atoms. The fourth-order valence-electron chi connectivity index (χ4n) is 2.72. The second kappa shape index (κ2) is 12.3. The first-order chi connectivity index (χ1) is 14.1. The third-order valence-electron chi connectivity index (χ3n) is 4.59. The Kier molecular flexibility index (Phi) is 10.6. The summed E-state index contributed by atoms with van der Waals surface area (Å²) in [5.41, 5.74) is 1.10. The molecular weight excluding hydrogens is 409 g/mol. The van der Waals surface area contributed by atoms with E-state index in [0.717, 1.165) is 5.70 Å². The monoisotopic (exact) mass is 439 g/mol. The molecule has 8 heteroatoms. The van der Waals surface area contributed by atoms with E-state index in [9.17, 15) is 14.0 Å². The fraction of sp³-hybridized carbons (Fsp3) is 0.455. The van der Waals surface area contributed by atoms with Gasteiger partial charge in [-0.3, -0.25) is 9.59 Å². The van der Waals surface area contributed by atoms with E-state index in [2.05, 4.69) is 11.9 Å². The van der Waals surface area contributed by atoms with Crippen LogP contribution in [0.2, 0.25) is 5.02 Å². The van der Waals surface area contributed by atoms with Crippen molar-refractivity contribution < 1.29 is 18.7 Å². The van der Waals surface area contributed by atoms with Gasteiger partial charge in [0, 0.05) is 31.0 Å². The summed E-state index contributed by atoms with van der Waals surface area (Å²) in [6.07, 6.45) is 3.33. The molecule has 0 aliphatic rings. The first kappa shape index (κ1) is 25.7. The number of rotatable bonds is 11. The summed E-state index contributed by atoms with van der Waals surface area (Å²) in [5.74, 6) is -1.18. The van der Waals surface area contributed by atoms with Crippen molar-refractivity contribution in [2.75, 3.05) is 20.2 Å². The lowest BCUT2D eigenvalue weighted by molar-refractivity contribution is -0.138. The van der Waals surface area contributed by atoms with Gasteiger partial charge in [-0.05, 0) is 46.0 Å². The summed E-state index contributed by atoms with van der Waals surface area (Å²) >= 11 is 5.76. The summed E-state index contributed by atoms with van der Waals surface area (Å²) in [5, 5.41) is 2.63. The zero-order valence-electron chi connectivity index (χ0n) is 18.2. The zero-order chi connectivity index (χ0) is 22.8. The average molecular weight is 440 g/mol. The molecule has 0 radical (unpaired) electrons. The number of nitrogens with zero attached hydrogens (tertiary/aromatic N) is 2. The number of carbonyl (C=O) groups is 2. The molecule has 2 amide bonds. The summed E-state index contributed by atoms with van der Waals surface area (Å²) in [7, 11) is 1.60. The van der Waals surface area contributed by atoms with Crippen LogP contribution in [0.15, 0.2) is 42.8 Å². The molecule has 30 heavy (non-hydrogen) atoms. The van der Waals surface area contributed by atoms with Crippen LogP contribution in [0.5, 0.6) is 0 Å². The molecule has 166 valence electrons. The average Bonchev–Trinajstić information content (AvgIpc) is 2.70. The van der Waals surface area contributed by atoms with E-state index in [1.165, 1.54) is 11.0 Å². The lowest BCUT2D eigenvalue weighted by Gasteiger charge is -2.29. The van der Waals surface area contributed by atoms with Gasteiger partial charge in [-0.2, -0.15) is 0 Å². The molecule has 0 aromatic heterocycles. The van der Waals surface area contributed by atoms with Crippen LogP contribution in [0, 0.1) is 5.82 Å². The topological polar surface area (TPSA) is 61.9 Å². The van der Waals surface area contributed by atoms with E-state index >= 15 is 0 Å². The van der Waals surface area contributed by atoms with Crippen LogP contribution < -0.4 is 5.32 Å². The van der Waals surface area contributed by atoms with Crippen molar-refractivity contribution in [3.05, 3.63) is 59.2 Å². The fourth-order valence-corrected chi connectivity index (χ4v) is 2.92. The summed E-state index contributed by atoms with van der Waals surface area (Å²) in [6, 6.07) is 4.41. The third-order valence-corrected chi connectivity index (χ3v) is 4.88. The van der Waals surface area contributed by atoms with Gasteiger partial charge in [0.2, 0.25) is 11.8 Å². The Morgan fingerprint density at radius 3 is 2.53 bits per heavy atom. The smallest absolute Gasteiger partial charge is 0.243 e. The summed E-state index contributed by atoms with van der Waals surface area (Å²) in [6.45, 7) is 11.1. The maximum absolute atomic E-state index is 14.0. The number of methoxy groups -OCH3 is 1. The van der Waals surface area contributed by atoms with Crippen LogP contribution in [0.4, 0.5) is 4.39 Å². The van der Waals surface area contributed by atoms with Crippen molar-refractivity contribution in [2.45, 2.75) is 46.4 Å². The van der Waals surface area contributed by atoms with Gasteiger partial charge in [-0.15, -0.1) is 0 Å². The Morgan fingerprint density at radius 1 is 1.30 bits per heavy atom. The van der Waals surface area contributed by atoms with E-state index in [4.69, 9.17) is 16.3 Å². The number of carbonyl (C=O) groups excluding carboxylic acids is 2. The van der Waals surface area contributed by atoms with Gasteiger partial charge in [0.25, 0.3) is 0 Å². The quantitative estimate of drug-likeness (QED) is 0.571. The maximum atomic E-state index is 14.0. The highest BCUT2D eigenvalue weighted by Crippen LogP contribution is 2.17. The molecule has 1 aromatic rings. The number of nitrogens with one attached hydrogen (secondary N) is 1. The first-order valence-corrected chi connectivity index (χ1v) is 10.1. The van der Waals surface area contributed by atoms with Crippen LogP contribution in [-0.4, -0.2) is 54.0 Å². The van der Waals surface area contributed by atoms with Crippen LogP contribution in [0.25, 0.3) is 0 Å². The second-order valence-corrected chi connectivity index (χ2v) is 7.57. The highest BCUT2D eigenvalue weighted by Gasteiger charge is 2.22. The van der Waals surface area contributed by atoms with E-state index in [0.29, 0.717) is 0 Å². The predicted octanol–water partition coefficient (Wildman–Crippen LogP) is 3.72. The second-order valence-electron chi connectivity index (χ2n) is 7.16. The van der Waals surface area contributed by atoms with Crippen molar-refractivity contribution >= 4 is 23.4 Å². The largest absolute Gasteiger partial charge is 0.378 e. The Morgan fingerprint density at radius 2 is 1.97 bits per heavy atom. The Bertz CT molecular complexity index is 783. The van der Waals surface area contributed by atoms with Gasteiger partial charge in [0.15, 0.2) is 0 Å². The highest BCUT2D eigenvalue weighted by atomic mass is 35.5. The summed E-state index contributed by atoms with van der Waals surface area (Å²) < 4.78 is 19.2. The van der Waals surface area contributed by atoms with E-state index < -0.39 is 5.82 Å². The minimum Gasteiger partial charge on any atom is -0.378 e. The number of allylic oxidation sites excluding steroid dienone is 1. The molecule has 0 bridgehead atoms. The number of halogens is 2. The van der Waals surface area contributed by atoms with Crippen molar-refractivity contribution in [2.24, 2.45) is 0 Å². The molecule has 0 saturated carbocycles. The molecule has 0 aliphatic heterocycles. The van der Waals surface area contributed by atoms with Gasteiger partial charge in [0.05, 0.1) is 17.7 Å². The van der Waals surface area contributed by atoms with Crippen molar-refractivity contribution in [3.8, 4) is 0 Å². The van der Waals surface area contributed by atoms with Gasteiger partial charge < -0.3 is 19.9 Å². The third kappa shape index (κ3) is 7.80. The molecule has 1 unspecified atom stereocenters. The standard InChI is InChI=1S/C22H31ClFN3O3/c1-7-26(16(4)11-17(5)30-6)14-21(29)27(15(2)3)13-20(28)25-12-18-9-8-10-19(23)22(18)24/h7-11,15,17H,1,12-14H2,2-6H3,(H,25,28). The Balaban J connectivity index is 2.77. The SMILES string of the molecule is C=CN(CC(=O)N(CC(=O)NCc1cccc(Cl)c1F)C(C)C)C(C)=CC(C)OC. The molecule has 1 N–H and O–H groups in total. The number of hydrogen-bond acceptors (Lipinski definition) is 4. The number of benzene rings is 1. The van der Waals surface area contributed by atoms with Crippen LogP contribution in [0.1, 0.15) is 33.3 Å². The molecule has 0 heterocycles. The van der Waals surface area contributed by atoms with Gasteiger partial charge in [-0.1, -0.05) is 30.3 Å². The van der Waals surface area contributed by atoms with Crippen LogP contribution >= 0.6 is 11.6 Å². The van der Waals surface area contributed by atoms with E-state index in [-0.39, 0.29) is 54.2 Å². The normalized spacial score (nSPS) is 12.5. The van der Waals surface area contributed by atoms with Crippen LogP contribution in [-0.2, 0) is 20.9 Å². The van der Waals surface area contributed by atoms with Crippen LogP contribution in [0.3, 0.4) is 0 Å². The number of hydrogen-bond donors (Lipinski definition) is 1. The van der Waals surface area contributed by atoms with Gasteiger partial charge in [0.1, 0.15) is 12.4 Å². The van der Waals surface area contributed by atoms with E-state index in [1.807, 2.05) is 33.8 Å². The van der Waals surface area contributed by atoms with Crippen molar-refractivity contribution in [1.82, 2.24) is 15.1 Å². The molecule has 0 saturated heterocycles. The van der Waals surface area contributed by atoms with Crippen molar-refractivity contribution in [1.29, 1.82) is 0 Å². The molecule has 1 aromatic carbocycles. The molecule has 6 nitrogen and oxygen atoms in total. The predicted molar refractivity (Wildman–Crippen MR) is 117 cm³/mol. The number of ether oxygens (including phenoxy) is 1. The number of amides is 2. The Hall–Kier alpha value is -2.38. The summed E-state index contributed by atoms with van der Waals surface area (Å²) in [4.78, 5) is 28.4. The van der Waals surface area contributed by atoms with Gasteiger partial charge >= 0.3 is 0 Å². The minimum absolute atomic E-state index is 0.00327. The molecule has 0 aliphatic carbocycles. The lowest BCUT2D eigenvalue weighted by Crippen LogP contribution is -2.47. The maximum Gasteiger partial charge on any atom is 0.243 e. The zero-order valence-corrected chi connectivity index (χ0v) is 19.0. The molecule has 1 atom stereocenters. The lowest BCUT2D eigenvalue weighted by atomic mass is 10.2. The molecular formula is C22H31ClFN3O3. The first-order valence-electron chi connectivity index (χ1n) is 9.70. The Labute approximate surface area is 183 Å². The molecule has 1 rings (SSSR count). The molecule has 0 fully saturated rings.